The van der Waals surface area contributed by atoms with Crippen molar-refractivity contribution in [2.24, 2.45) is 0 Å². The van der Waals surface area contributed by atoms with Crippen molar-refractivity contribution in [2.45, 2.75) is 25.7 Å². The normalized spacial score (nSPS) is 13.2. The Kier molecular flexibility index (Phi) is 5.88. The van der Waals surface area contributed by atoms with Gasteiger partial charge in [-0.05, 0) is 48.2 Å². The van der Waals surface area contributed by atoms with E-state index in [4.69, 9.17) is 9.47 Å². The summed E-state index contributed by atoms with van der Waals surface area (Å²) in [6, 6.07) is 12.2. The van der Waals surface area contributed by atoms with Crippen molar-refractivity contribution in [3.05, 3.63) is 59.4 Å². The standard InChI is InChI=1S/C20H22FNO3/c21-17-4-1-3-15(13-17)6-8-20(23)22-10-9-16-5-7-18-19(14-16)25-12-2-11-24-18/h1,3-5,7,13-14H,2,6,8-12H2,(H,22,23). The molecule has 1 amide bonds. The maximum Gasteiger partial charge on any atom is 0.220 e. The third kappa shape index (κ3) is 5.21. The highest BCUT2D eigenvalue weighted by atomic mass is 19.1. The summed E-state index contributed by atoms with van der Waals surface area (Å²) in [5, 5.41) is 2.90. The topological polar surface area (TPSA) is 47.6 Å². The molecule has 4 nitrogen and oxygen atoms in total. The van der Waals surface area contributed by atoms with Crippen LogP contribution < -0.4 is 14.8 Å². The Bertz CT molecular complexity index is 733. The average Bonchev–Trinajstić information content (AvgIpc) is 2.85. The first-order valence-electron chi connectivity index (χ1n) is 8.60. The Morgan fingerprint density at radius 2 is 1.80 bits per heavy atom. The molecule has 0 spiro atoms. The molecule has 1 aliphatic heterocycles. The van der Waals surface area contributed by atoms with Crippen LogP contribution in [0.4, 0.5) is 4.39 Å². The number of benzene rings is 2. The molecule has 3 rings (SSSR count). The molecule has 132 valence electrons. The molecule has 0 fully saturated rings. The lowest BCUT2D eigenvalue weighted by Gasteiger charge is -2.10. The van der Waals surface area contributed by atoms with E-state index in [9.17, 15) is 9.18 Å². The molecule has 2 aromatic carbocycles. The van der Waals surface area contributed by atoms with Crippen LogP contribution in [-0.2, 0) is 17.6 Å². The Morgan fingerprint density at radius 1 is 1.00 bits per heavy atom. The monoisotopic (exact) mass is 343 g/mol. The average molecular weight is 343 g/mol. The first kappa shape index (κ1) is 17.3. The largest absolute Gasteiger partial charge is 0.490 e. The number of carbonyl (C=O) groups is 1. The highest BCUT2D eigenvalue weighted by Crippen LogP contribution is 2.30. The SMILES string of the molecule is O=C(CCc1cccc(F)c1)NCCc1ccc2c(c1)OCCCO2. The molecule has 2 aromatic rings. The summed E-state index contributed by atoms with van der Waals surface area (Å²) in [4.78, 5) is 11.9. The van der Waals surface area contributed by atoms with Gasteiger partial charge in [-0.15, -0.1) is 0 Å². The minimum Gasteiger partial charge on any atom is -0.490 e. The molecule has 1 aliphatic rings. The number of carbonyl (C=O) groups excluding carboxylic acids is 1. The molecule has 0 aromatic heterocycles. The number of halogens is 1. The summed E-state index contributed by atoms with van der Waals surface area (Å²) < 4.78 is 24.4. The zero-order valence-corrected chi connectivity index (χ0v) is 14.1. The quantitative estimate of drug-likeness (QED) is 0.876. The smallest absolute Gasteiger partial charge is 0.220 e. The maximum atomic E-state index is 13.1. The van der Waals surface area contributed by atoms with Crippen molar-refractivity contribution in [2.75, 3.05) is 19.8 Å². The summed E-state index contributed by atoms with van der Waals surface area (Å²) in [5.74, 6) is 1.25. The third-order valence-corrected chi connectivity index (χ3v) is 4.08. The summed E-state index contributed by atoms with van der Waals surface area (Å²) in [6.07, 6.45) is 2.49. The van der Waals surface area contributed by atoms with E-state index < -0.39 is 0 Å². The lowest BCUT2D eigenvalue weighted by atomic mass is 10.1. The van der Waals surface area contributed by atoms with Crippen molar-refractivity contribution in [3.8, 4) is 11.5 Å². The lowest BCUT2D eigenvalue weighted by Crippen LogP contribution is -2.25. The predicted molar refractivity (Wildman–Crippen MR) is 93.5 cm³/mol. The van der Waals surface area contributed by atoms with Crippen LogP contribution >= 0.6 is 0 Å². The molecule has 0 bridgehead atoms. The van der Waals surface area contributed by atoms with Gasteiger partial charge in [-0.1, -0.05) is 18.2 Å². The van der Waals surface area contributed by atoms with Crippen LogP contribution in [-0.4, -0.2) is 25.7 Å². The van der Waals surface area contributed by atoms with Crippen molar-refractivity contribution in [3.63, 3.8) is 0 Å². The van der Waals surface area contributed by atoms with Crippen molar-refractivity contribution >= 4 is 5.91 Å². The number of fused-ring (bicyclic) bond motifs is 1. The summed E-state index contributed by atoms with van der Waals surface area (Å²) >= 11 is 0. The Labute approximate surface area is 147 Å². The number of amides is 1. The van der Waals surface area contributed by atoms with Crippen molar-refractivity contribution in [1.82, 2.24) is 5.32 Å². The Morgan fingerprint density at radius 3 is 2.64 bits per heavy atom. The zero-order chi connectivity index (χ0) is 17.5. The zero-order valence-electron chi connectivity index (χ0n) is 14.1. The molecule has 5 heteroatoms. The van der Waals surface area contributed by atoms with E-state index in [0.717, 1.165) is 35.5 Å². The van der Waals surface area contributed by atoms with Gasteiger partial charge >= 0.3 is 0 Å². The van der Waals surface area contributed by atoms with E-state index in [1.54, 1.807) is 6.07 Å². The van der Waals surface area contributed by atoms with Crippen molar-refractivity contribution in [1.29, 1.82) is 0 Å². The third-order valence-electron chi connectivity index (χ3n) is 4.08. The van der Waals surface area contributed by atoms with E-state index in [-0.39, 0.29) is 11.7 Å². The van der Waals surface area contributed by atoms with E-state index in [1.165, 1.54) is 12.1 Å². The van der Waals surface area contributed by atoms with Gasteiger partial charge in [0.25, 0.3) is 0 Å². The van der Waals surface area contributed by atoms with Crippen LogP contribution in [0.25, 0.3) is 0 Å². The molecule has 0 radical (unpaired) electrons. The van der Waals surface area contributed by atoms with Crippen LogP contribution in [0.15, 0.2) is 42.5 Å². The number of aryl methyl sites for hydroxylation is 1. The van der Waals surface area contributed by atoms with Crippen molar-refractivity contribution < 1.29 is 18.7 Å². The van der Waals surface area contributed by atoms with E-state index in [2.05, 4.69) is 5.32 Å². The van der Waals surface area contributed by atoms with Gasteiger partial charge in [0.2, 0.25) is 5.91 Å². The molecular weight excluding hydrogens is 321 g/mol. The van der Waals surface area contributed by atoms with E-state index in [0.29, 0.717) is 32.6 Å². The van der Waals surface area contributed by atoms with Gasteiger partial charge in [-0.25, -0.2) is 4.39 Å². The molecule has 0 saturated carbocycles. The molecular formula is C20H22FNO3. The molecule has 0 aliphatic carbocycles. The van der Waals surface area contributed by atoms with Gasteiger partial charge in [0, 0.05) is 19.4 Å². The second-order valence-electron chi connectivity index (χ2n) is 6.06. The molecule has 0 atom stereocenters. The minimum absolute atomic E-state index is 0.0291. The van der Waals surface area contributed by atoms with E-state index >= 15 is 0 Å². The predicted octanol–water partition coefficient (Wildman–Crippen LogP) is 3.28. The number of ether oxygens (including phenoxy) is 2. The fraction of sp³-hybridized carbons (Fsp3) is 0.350. The summed E-state index contributed by atoms with van der Waals surface area (Å²) in [5.41, 5.74) is 1.92. The highest BCUT2D eigenvalue weighted by Gasteiger charge is 2.10. The molecule has 0 unspecified atom stereocenters. The van der Waals surface area contributed by atoms with Gasteiger partial charge in [0.05, 0.1) is 13.2 Å². The number of hydrogen-bond donors (Lipinski definition) is 1. The molecule has 25 heavy (non-hydrogen) atoms. The number of nitrogens with one attached hydrogen (secondary N) is 1. The minimum atomic E-state index is -0.271. The van der Waals surface area contributed by atoms with Gasteiger partial charge in [0.15, 0.2) is 11.5 Å². The number of rotatable bonds is 6. The van der Waals surface area contributed by atoms with Gasteiger partial charge in [-0.2, -0.15) is 0 Å². The molecule has 0 saturated heterocycles. The van der Waals surface area contributed by atoms with Gasteiger partial charge in [-0.3, -0.25) is 4.79 Å². The highest BCUT2D eigenvalue weighted by molar-refractivity contribution is 5.76. The van der Waals surface area contributed by atoms with Crippen LogP contribution in [0.2, 0.25) is 0 Å². The first-order valence-corrected chi connectivity index (χ1v) is 8.60. The summed E-state index contributed by atoms with van der Waals surface area (Å²) in [7, 11) is 0. The van der Waals surface area contributed by atoms with E-state index in [1.807, 2.05) is 24.3 Å². The molecule has 1 heterocycles. The van der Waals surface area contributed by atoms with Gasteiger partial charge < -0.3 is 14.8 Å². The lowest BCUT2D eigenvalue weighted by molar-refractivity contribution is -0.121. The fourth-order valence-electron chi connectivity index (χ4n) is 2.75. The van der Waals surface area contributed by atoms with Crippen LogP contribution in [0.5, 0.6) is 11.5 Å². The van der Waals surface area contributed by atoms with Crippen LogP contribution in [0.3, 0.4) is 0 Å². The second-order valence-corrected chi connectivity index (χ2v) is 6.06. The summed E-state index contributed by atoms with van der Waals surface area (Å²) in [6.45, 7) is 1.89. The number of hydrogen-bond acceptors (Lipinski definition) is 3. The second kappa shape index (κ2) is 8.51. The maximum absolute atomic E-state index is 13.1. The Balaban J connectivity index is 1.43. The van der Waals surface area contributed by atoms with Crippen LogP contribution in [0, 0.1) is 5.82 Å². The first-order chi connectivity index (χ1) is 12.2. The van der Waals surface area contributed by atoms with Gasteiger partial charge in [0.1, 0.15) is 5.82 Å². The fourth-order valence-corrected chi connectivity index (χ4v) is 2.75. The van der Waals surface area contributed by atoms with Crippen LogP contribution in [0.1, 0.15) is 24.0 Å². The molecule has 1 N–H and O–H groups in total. The Hall–Kier alpha value is -2.56.